The molecule has 0 fully saturated rings. The molecule has 0 saturated heterocycles. The smallest absolute Gasteiger partial charge is 0.339 e. The summed E-state index contributed by atoms with van der Waals surface area (Å²) in [6.45, 7) is 6.37. The predicted octanol–water partition coefficient (Wildman–Crippen LogP) is 6.72. The summed E-state index contributed by atoms with van der Waals surface area (Å²) in [5, 5.41) is 2.82. The highest BCUT2D eigenvalue weighted by Crippen LogP contribution is 2.14. The number of nitrogens with one attached hydrogen (secondary N) is 1. The van der Waals surface area contributed by atoms with Gasteiger partial charge in [-0.1, -0.05) is 104 Å². The Hall–Kier alpha value is -1.10. The Morgan fingerprint density at radius 1 is 0.710 bits per heavy atom. The van der Waals surface area contributed by atoms with Gasteiger partial charge < -0.3 is 14.8 Å². The van der Waals surface area contributed by atoms with Crippen molar-refractivity contribution < 1.29 is 19.1 Å². The maximum absolute atomic E-state index is 12.1. The topological polar surface area (TPSA) is 64.6 Å². The van der Waals surface area contributed by atoms with E-state index in [0.717, 1.165) is 19.3 Å². The number of esters is 1. The molecule has 0 aromatic rings. The van der Waals surface area contributed by atoms with E-state index in [2.05, 4.69) is 12.2 Å². The molecule has 0 aliphatic heterocycles. The number of carbonyl (C=O) groups is 2. The molecule has 0 saturated carbocycles. The van der Waals surface area contributed by atoms with Crippen LogP contribution in [0.15, 0.2) is 0 Å². The van der Waals surface area contributed by atoms with Crippen LogP contribution in [0.4, 0.5) is 0 Å². The van der Waals surface area contributed by atoms with Crippen LogP contribution in [0, 0.1) is 0 Å². The molecule has 31 heavy (non-hydrogen) atoms. The van der Waals surface area contributed by atoms with Crippen molar-refractivity contribution in [1.29, 1.82) is 0 Å². The fourth-order valence-electron chi connectivity index (χ4n) is 3.59. The van der Waals surface area contributed by atoms with Gasteiger partial charge in [-0.15, -0.1) is 0 Å². The van der Waals surface area contributed by atoms with E-state index in [-0.39, 0.29) is 12.5 Å². The quantitative estimate of drug-likeness (QED) is 0.149. The minimum absolute atomic E-state index is 0.0266. The Morgan fingerprint density at radius 2 is 1.16 bits per heavy atom. The largest absolute Gasteiger partial charge is 0.464 e. The Kier molecular flexibility index (Phi) is 20.0. The van der Waals surface area contributed by atoms with Gasteiger partial charge in [-0.05, 0) is 19.8 Å². The molecule has 5 heteroatoms. The fourth-order valence-corrected chi connectivity index (χ4v) is 3.59. The molecule has 0 aromatic heterocycles. The SMILES string of the molecule is CCCCCCCCCCCCCCCCCC(=O)NCC(C)(OC)C(=O)OCCC. The first-order valence-corrected chi connectivity index (χ1v) is 13.0. The molecule has 0 bridgehead atoms. The molecule has 0 heterocycles. The van der Waals surface area contributed by atoms with Crippen molar-refractivity contribution in [3.05, 3.63) is 0 Å². The Bertz CT molecular complexity index is 441. The number of unbranched alkanes of at least 4 members (excludes halogenated alkanes) is 14. The monoisotopic (exact) mass is 441 g/mol. The van der Waals surface area contributed by atoms with E-state index >= 15 is 0 Å². The van der Waals surface area contributed by atoms with E-state index in [1.807, 2.05) is 6.92 Å². The third-order valence-electron chi connectivity index (χ3n) is 5.95. The number of hydrogen-bond acceptors (Lipinski definition) is 4. The molecule has 0 spiro atoms. The van der Waals surface area contributed by atoms with Crippen LogP contribution in [-0.4, -0.2) is 37.7 Å². The van der Waals surface area contributed by atoms with Crippen molar-refractivity contribution >= 4 is 11.9 Å². The van der Waals surface area contributed by atoms with E-state index in [1.54, 1.807) is 6.92 Å². The van der Waals surface area contributed by atoms with E-state index in [9.17, 15) is 9.59 Å². The molecular formula is C26H51NO4. The molecule has 1 atom stereocenters. The highest BCUT2D eigenvalue weighted by atomic mass is 16.6. The van der Waals surface area contributed by atoms with E-state index in [1.165, 1.54) is 90.6 Å². The number of hydrogen-bond donors (Lipinski definition) is 1. The second-order valence-electron chi connectivity index (χ2n) is 9.05. The van der Waals surface area contributed by atoms with Gasteiger partial charge in [0.2, 0.25) is 5.91 Å². The van der Waals surface area contributed by atoms with Gasteiger partial charge in [-0.3, -0.25) is 4.79 Å². The van der Waals surface area contributed by atoms with Gasteiger partial charge in [0.25, 0.3) is 0 Å². The number of rotatable bonds is 22. The van der Waals surface area contributed by atoms with Crippen molar-refractivity contribution in [2.24, 2.45) is 0 Å². The minimum atomic E-state index is -1.13. The summed E-state index contributed by atoms with van der Waals surface area (Å²) < 4.78 is 10.4. The number of ether oxygens (including phenoxy) is 2. The van der Waals surface area contributed by atoms with Gasteiger partial charge in [-0.25, -0.2) is 4.79 Å². The highest BCUT2D eigenvalue weighted by molar-refractivity contribution is 5.81. The molecular weight excluding hydrogens is 390 g/mol. The van der Waals surface area contributed by atoms with E-state index in [0.29, 0.717) is 13.0 Å². The van der Waals surface area contributed by atoms with Crippen molar-refractivity contribution in [2.75, 3.05) is 20.3 Å². The Balaban J connectivity index is 3.54. The lowest BCUT2D eigenvalue weighted by Crippen LogP contribution is -2.49. The second kappa shape index (κ2) is 20.8. The van der Waals surface area contributed by atoms with Gasteiger partial charge in [0.05, 0.1) is 13.2 Å². The zero-order valence-corrected chi connectivity index (χ0v) is 21.1. The maximum atomic E-state index is 12.1. The Morgan fingerprint density at radius 3 is 1.58 bits per heavy atom. The first-order valence-electron chi connectivity index (χ1n) is 13.0. The molecule has 184 valence electrons. The van der Waals surface area contributed by atoms with Gasteiger partial charge in [0, 0.05) is 13.5 Å². The highest BCUT2D eigenvalue weighted by Gasteiger charge is 2.35. The van der Waals surface area contributed by atoms with Crippen LogP contribution in [0.25, 0.3) is 0 Å². The first-order chi connectivity index (χ1) is 15.0. The van der Waals surface area contributed by atoms with Gasteiger partial charge in [0.1, 0.15) is 0 Å². The van der Waals surface area contributed by atoms with Gasteiger partial charge >= 0.3 is 5.97 Å². The van der Waals surface area contributed by atoms with Gasteiger partial charge in [0.15, 0.2) is 5.60 Å². The average molecular weight is 442 g/mol. The maximum Gasteiger partial charge on any atom is 0.339 e. The van der Waals surface area contributed by atoms with Crippen LogP contribution in [0.5, 0.6) is 0 Å². The number of methoxy groups -OCH3 is 1. The zero-order chi connectivity index (χ0) is 23.2. The molecule has 1 amide bonds. The molecule has 0 radical (unpaired) electrons. The lowest BCUT2D eigenvalue weighted by molar-refractivity contribution is -0.166. The molecule has 1 unspecified atom stereocenters. The lowest BCUT2D eigenvalue weighted by Gasteiger charge is -2.26. The van der Waals surface area contributed by atoms with Gasteiger partial charge in [-0.2, -0.15) is 0 Å². The first kappa shape index (κ1) is 29.9. The summed E-state index contributed by atoms with van der Waals surface area (Å²) in [4.78, 5) is 24.1. The predicted molar refractivity (Wildman–Crippen MR) is 129 cm³/mol. The average Bonchev–Trinajstić information content (AvgIpc) is 2.78. The summed E-state index contributed by atoms with van der Waals surface area (Å²) >= 11 is 0. The third kappa shape index (κ3) is 17.2. The van der Waals surface area contributed by atoms with Crippen LogP contribution in [0.3, 0.4) is 0 Å². The van der Waals surface area contributed by atoms with Crippen LogP contribution in [0.1, 0.15) is 130 Å². The van der Waals surface area contributed by atoms with Crippen molar-refractivity contribution in [2.45, 2.75) is 136 Å². The van der Waals surface area contributed by atoms with E-state index < -0.39 is 11.6 Å². The molecule has 1 N–H and O–H groups in total. The van der Waals surface area contributed by atoms with Crippen LogP contribution < -0.4 is 5.32 Å². The van der Waals surface area contributed by atoms with Crippen LogP contribution in [0.2, 0.25) is 0 Å². The van der Waals surface area contributed by atoms with Crippen LogP contribution in [-0.2, 0) is 19.1 Å². The molecule has 0 aliphatic carbocycles. The van der Waals surface area contributed by atoms with Crippen molar-refractivity contribution in [1.82, 2.24) is 5.32 Å². The van der Waals surface area contributed by atoms with Crippen molar-refractivity contribution in [3.8, 4) is 0 Å². The minimum Gasteiger partial charge on any atom is -0.464 e. The molecule has 0 aromatic carbocycles. The number of amides is 1. The third-order valence-corrected chi connectivity index (χ3v) is 5.95. The summed E-state index contributed by atoms with van der Waals surface area (Å²) in [5.74, 6) is -0.453. The van der Waals surface area contributed by atoms with E-state index in [4.69, 9.17) is 9.47 Å². The lowest BCUT2D eigenvalue weighted by atomic mass is 10.0. The fraction of sp³-hybridized carbons (Fsp3) is 0.923. The zero-order valence-electron chi connectivity index (χ0n) is 21.1. The normalized spacial score (nSPS) is 13.0. The molecule has 0 rings (SSSR count). The second-order valence-corrected chi connectivity index (χ2v) is 9.05. The summed E-state index contributed by atoms with van der Waals surface area (Å²) in [5.41, 5.74) is -1.13. The van der Waals surface area contributed by atoms with Crippen LogP contribution >= 0.6 is 0 Å². The van der Waals surface area contributed by atoms with Crippen molar-refractivity contribution in [3.63, 3.8) is 0 Å². The standard InChI is InChI=1S/C26H51NO4/c1-5-7-8-9-10-11-12-13-14-15-16-17-18-19-20-21-24(28)27-23-26(3,30-4)25(29)31-22-6-2/h5-23H2,1-4H3,(H,27,28). The molecule has 0 aliphatic rings. The number of carbonyl (C=O) groups excluding carboxylic acids is 2. The summed E-state index contributed by atoms with van der Waals surface area (Å²) in [6, 6.07) is 0. The summed E-state index contributed by atoms with van der Waals surface area (Å²) in [6.07, 6.45) is 20.9. The Labute approximate surface area is 192 Å². The molecule has 5 nitrogen and oxygen atoms in total. The summed E-state index contributed by atoms with van der Waals surface area (Å²) in [7, 11) is 1.47.